The fourth-order valence-electron chi connectivity index (χ4n) is 4.81. The van der Waals surface area contributed by atoms with Gasteiger partial charge in [-0.05, 0) is 49.5 Å². The number of amides is 1. The number of carbonyl (C=O) groups excluding carboxylic acids is 1. The monoisotopic (exact) mass is 382 g/mol. The van der Waals surface area contributed by atoms with Gasteiger partial charge in [0.05, 0.1) is 0 Å². The Labute approximate surface area is 168 Å². The third kappa shape index (κ3) is 4.08. The molecule has 2 fully saturated rings. The summed E-state index contributed by atoms with van der Waals surface area (Å²) in [7, 11) is 0. The van der Waals surface area contributed by atoms with E-state index in [1.165, 1.54) is 32.1 Å². The second-order valence-electron chi connectivity index (χ2n) is 9.31. The van der Waals surface area contributed by atoms with Crippen LogP contribution in [0.1, 0.15) is 93.5 Å². The largest absolute Gasteiger partial charge is 0.337 e. The van der Waals surface area contributed by atoms with E-state index in [9.17, 15) is 4.79 Å². The highest BCUT2D eigenvalue weighted by atomic mass is 16.2. The quantitative estimate of drug-likeness (QED) is 0.760. The first-order valence-electron chi connectivity index (χ1n) is 11.2. The van der Waals surface area contributed by atoms with Gasteiger partial charge in [-0.15, -0.1) is 0 Å². The van der Waals surface area contributed by atoms with E-state index in [4.69, 9.17) is 10.1 Å². The lowest BCUT2D eigenvalue weighted by molar-refractivity contribution is 0.0754. The van der Waals surface area contributed by atoms with Gasteiger partial charge in [0.2, 0.25) is 0 Å². The van der Waals surface area contributed by atoms with Crippen molar-refractivity contribution < 1.29 is 4.79 Å². The molecule has 1 unspecified atom stereocenters. The molecule has 4 rings (SSSR count). The van der Waals surface area contributed by atoms with Crippen LogP contribution in [0, 0.1) is 11.8 Å². The fraction of sp³-hybridized carbons (Fsp3) is 0.696. The van der Waals surface area contributed by atoms with Gasteiger partial charge >= 0.3 is 0 Å². The fourth-order valence-corrected chi connectivity index (χ4v) is 4.81. The number of fused-ring (bicyclic) bond motifs is 1. The van der Waals surface area contributed by atoms with Crippen LogP contribution in [0.5, 0.6) is 0 Å². The van der Waals surface area contributed by atoms with E-state index >= 15 is 0 Å². The Hall–Kier alpha value is -1.91. The molecule has 3 heterocycles. The summed E-state index contributed by atoms with van der Waals surface area (Å²) in [6, 6.07) is 4.12. The molecule has 1 aliphatic heterocycles. The second kappa shape index (κ2) is 8.22. The zero-order valence-electron chi connectivity index (χ0n) is 17.7. The first kappa shape index (κ1) is 19.4. The highest BCUT2D eigenvalue weighted by Gasteiger charge is 2.24. The summed E-state index contributed by atoms with van der Waals surface area (Å²) < 4.78 is 1.90. The molecule has 28 heavy (non-hydrogen) atoms. The molecule has 1 saturated carbocycles. The highest BCUT2D eigenvalue weighted by molar-refractivity contribution is 5.93. The third-order valence-corrected chi connectivity index (χ3v) is 6.59. The zero-order chi connectivity index (χ0) is 19.7. The van der Waals surface area contributed by atoms with Gasteiger partial charge in [0.25, 0.3) is 5.91 Å². The van der Waals surface area contributed by atoms with E-state index in [0.717, 1.165) is 55.3 Å². The van der Waals surface area contributed by atoms with E-state index in [0.29, 0.717) is 17.5 Å². The number of rotatable bonds is 4. The predicted molar refractivity (Wildman–Crippen MR) is 112 cm³/mol. The van der Waals surface area contributed by atoms with Crippen LogP contribution >= 0.6 is 0 Å². The van der Waals surface area contributed by atoms with Crippen LogP contribution in [-0.4, -0.2) is 38.5 Å². The Kier molecular flexibility index (Phi) is 5.70. The van der Waals surface area contributed by atoms with Gasteiger partial charge in [0, 0.05) is 30.5 Å². The summed E-state index contributed by atoms with van der Waals surface area (Å²) >= 11 is 0. The van der Waals surface area contributed by atoms with Crippen molar-refractivity contribution in [1.29, 1.82) is 0 Å². The van der Waals surface area contributed by atoms with Crippen LogP contribution in [0.25, 0.3) is 5.65 Å². The number of aromatic nitrogens is 3. The van der Waals surface area contributed by atoms with E-state index in [-0.39, 0.29) is 5.91 Å². The number of hydrogen-bond acceptors (Lipinski definition) is 3. The molecule has 0 bridgehead atoms. The topological polar surface area (TPSA) is 50.5 Å². The minimum atomic E-state index is 0.0617. The Bertz CT molecular complexity index is 834. The lowest BCUT2D eigenvalue weighted by Gasteiger charge is -2.19. The van der Waals surface area contributed by atoms with Gasteiger partial charge in [-0.2, -0.15) is 5.10 Å². The van der Waals surface area contributed by atoms with E-state index in [1.807, 2.05) is 15.5 Å². The Morgan fingerprint density at radius 1 is 1.11 bits per heavy atom. The number of hydrogen-bond donors (Lipinski definition) is 0. The van der Waals surface area contributed by atoms with Crippen molar-refractivity contribution in [2.45, 2.75) is 78.1 Å². The summed E-state index contributed by atoms with van der Waals surface area (Å²) in [5.41, 5.74) is 3.68. The molecule has 1 atom stereocenters. The van der Waals surface area contributed by atoms with Crippen LogP contribution < -0.4 is 0 Å². The Balaban J connectivity index is 1.63. The molecule has 0 spiro atoms. The molecule has 2 aromatic heterocycles. The SMILES string of the molecule is CC1CCCN(C(=O)c2cc3nc(CC4CCCC4)cc(C(C)C)n3n2)CC1. The summed E-state index contributed by atoms with van der Waals surface area (Å²) in [4.78, 5) is 20.0. The summed E-state index contributed by atoms with van der Waals surface area (Å²) in [5, 5.41) is 4.69. The van der Waals surface area contributed by atoms with Gasteiger partial charge in [-0.25, -0.2) is 9.50 Å². The van der Waals surface area contributed by atoms with Crippen molar-refractivity contribution in [3.05, 3.63) is 29.2 Å². The molecule has 1 amide bonds. The van der Waals surface area contributed by atoms with Gasteiger partial charge in [-0.3, -0.25) is 4.79 Å². The van der Waals surface area contributed by atoms with E-state index < -0.39 is 0 Å². The standard InChI is InChI=1S/C23H34N4O/c1-16(2)21-14-19(13-18-8-4-5-9-18)24-22-15-20(25-27(21)22)23(28)26-11-6-7-17(3)10-12-26/h14-18H,4-13H2,1-3H3. The maximum atomic E-state index is 13.1. The third-order valence-electron chi connectivity index (χ3n) is 6.59. The van der Waals surface area contributed by atoms with Gasteiger partial charge < -0.3 is 4.90 Å². The normalized spacial score (nSPS) is 21.6. The molecule has 5 nitrogen and oxygen atoms in total. The maximum absolute atomic E-state index is 13.1. The number of carbonyl (C=O) groups is 1. The van der Waals surface area contributed by atoms with Crippen molar-refractivity contribution in [2.24, 2.45) is 11.8 Å². The Morgan fingerprint density at radius 3 is 2.64 bits per heavy atom. The number of nitrogens with zero attached hydrogens (tertiary/aromatic N) is 4. The van der Waals surface area contributed by atoms with Crippen molar-refractivity contribution in [1.82, 2.24) is 19.5 Å². The molecule has 1 aliphatic carbocycles. The smallest absolute Gasteiger partial charge is 0.274 e. The summed E-state index contributed by atoms with van der Waals surface area (Å²) in [5.74, 6) is 1.87. The molecule has 0 N–H and O–H groups in total. The van der Waals surface area contributed by atoms with E-state index in [2.05, 4.69) is 26.8 Å². The molecule has 152 valence electrons. The van der Waals surface area contributed by atoms with Crippen LogP contribution in [-0.2, 0) is 6.42 Å². The predicted octanol–water partition coefficient (Wildman–Crippen LogP) is 4.85. The van der Waals surface area contributed by atoms with Gasteiger partial charge in [0.1, 0.15) is 0 Å². The average molecular weight is 383 g/mol. The minimum absolute atomic E-state index is 0.0617. The molecular formula is C23H34N4O. The summed E-state index contributed by atoms with van der Waals surface area (Å²) in [6.45, 7) is 8.34. The van der Waals surface area contributed by atoms with Crippen LogP contribution in [0.2, 0.25) is 0 Å². The minimum Gasteiger partial charge on any atom is -0.337 e. The van der Waals surface area contributed by atoms with Crippen LogP contribution in [0.15, 0.2) is 12.1 Å². The first-order valence-corrected chi connectivity index (χ1v) is 11.2. The van der Waals surface area contributed by atoms with Crippen molar-refractivity contribution in [3.63, 3.8) is 0 Å². The maximum Gasteiger partial charge on any atom is 0.274 e. The lowest BCUT2D eigenvalue weighted by Crippen LogP contribution is -2.32. The average Bonchev–Trinajstić information content (AvgIpc) is 3.27. The van der Waals surface area contributed by atoms with Crippen molar-refractivity contribution in [2.75, 3.05) is 13.1 Å². The molecule has 5 heteroatoms. The first-order chi connectivity index (χ1) is 13.5. The Morgan fingerprint density at radius 2 is 1.89 bits per heavy atom. The molecule has 0 radical (unpaired) electrons. The second-order valence-corrected chi connectivity index (χ2v) is 9.31. The lowest BCUT2D eigenvalue weighted by atomic mass is 10.00. The molecule has 2 aromatic rings. The van der Waals surface area contributed by atoms with Gasteiger partial charge in [-0.1, -0.05) is 46.5 Å². The highest BCUT2D eigenvalue weighted by Crippen LogP contribution is 2.29. The van der Waals surface area contributed by atoms with Crippen LogP contribution in [0.4, 0.5) is 0 Å². The molecular weight excluding hydrogens is 348 g/mol. The molecule has 0 aromatic carbocycles. The van der Waals surface area contributed by atoms with Crippen LogP contribution in [0.3, 0.4) is 0 Å². The molecule has 1 saturated heterocycles. The van der Waals surface area contributed by atoms with E-state index in [1.54, 1.807) is 0 Å². The summed E-state index contributed by atoms with van der Waals surface area (Å²) in [6.07, 6.45) is 9.77. The molecule has 2 aliphatic rings. The zero-order valence-corrected chi connectivity index (χ0v) is 17.7. The van der Waals surface area contributed by atoms with Crippen molar-refractivity contribution >= 4 is 11.6 Å². The van der Waals surface area contributed by atoms with Crippen molar-refractivity contribution in [3.8, 4) is 0 Å². The number of likely N-dealkylation sites (tertiary alicyclic amines) is 1. The van der Waals surface area contributed by atoms with Gasteiger partial charge in [0.15, 0.2) is 11.3 Å².